The maximum Gasteiger partial charge on any atom is 0.143 e. The highest BCUT2D eigenvalue weighted by Crippen LogP contribution is 2.24. The Bertz CT molecular complexity index is 653. The van der Waals surface area contributed by atoms with Gasteiger partial charge in [-0.15, -0.1) is 0 Å². The number of nitriles is 1. The number of methoxy groups -OCH3 is 1. The first-order valence-corrected chi connectivity index (χ1v) is 5.89. The van der Waals surface area contributed by atoms with Gasteiger partial charge in [-0.3, -0.25) is 0 Å². The molecule has 0 amide bonds. The molecule has 0 aliphatic rings. The summed E-state index contributed by atoms with van der Waals surface area (Å²) in [5.74, 6) is -0.817. The first-order chi connectivity index (χ1) is 9.63. The zero-order valence-corrected chi connectivity index (χ0v) is 10.7. The summed E-state index contributed by atoms with van der Waals surface area (Å²) >= 11 is 0. The van der Waals surface area contributed by atoms with E-state index < -0.39 is 17.7 Å². The van der Waals surface area contributed by atoms with Crippen LogP contribution in [0.5, 0.6) is 5.75 Å². The van der Waals surface area contributed by atoms with Crippen LogP contribution in [0.4, 0.5) is 14.5 Å². The van der Waals surface area contributed by atoms with Crippen molar-refractivity contribution in [2.75, 3.05) is 12.4 Å². The summed E-state index contributed by atoms with van der Waals surface area (Å²) in [4.78, 5) is 0. The number of hydrogen-bond donors (Lipinski definition) is 1. The number of nitrogens with one attached hydrogen (secondary N) is 1. The Balaban J connectivity index is 2.27. The molecular weight excluding hydrogens is 262 g/mol. The van der Waals surface area contributed by atoms with E-state index in [1.807, 2.05) is 6.07 Å². The SMILES string of the molecule is COc1cccc(NC(C#N)c2ccc(F)cc2F)c1. The second-order valence-electron chi connectivity index (χ2n) is 4.10. The highest BCUT2D eigenvalue weighted by atomic mass is 19.1. The molecule has 0 aromatic heterocycles. The second kappa shape index (κ2) is 6.02. The molecule has 0 spiro atoms. The van der Waals surface area contributed by atoms with Crippen molar-refractivity contribution in [3.63, 3.8) is 0 Å². The fourth-order valence-corrected chi connectivity index (χ4v) is 1.79. The van der Waals surface area contributed by atoms with E-state index in [9.17, 15) is 8.78 Å². The molecule has 102 valence electrons. The minimum absolute atomic E-state index is 0.0942. The van der Waals surface area contributed by atoms with Crippen LogP contribution in [0.15, 0.2) is 42.5 Å². The standard InChI is InChI=1S/C15H12F2N2O/c1-20-12-4-2-3-11(8-12)19-15(9-18)13-6-5-10(16)7-14(13)17/h2-8,15,19H,1H3. The average molecular weight is 274 g/mol. The maximum atomic E-state index is 13.7. The quantitative estimate of drug-likeness (QED) is 0.925. The summed E-state index contributed by atoms with van der Waals surface area (Å²) in [5.41, 5.74) is 0.705. The lowest BCUT2D eigenvalue weighted by atomic mass is 10.1. The van der Waals surface area contributed by atoms with Gasteiger partial charge in [0.25, 0.3) is 0 Å². The van der Waals surface area contributed by atoms with Gasteiger partial charge in [0.05, 0.1) is 13.2 Å². The third kappa shape index (κ3) is 3.04. The highest BCUT2D eigenvalue weighted by Gasteiger charge is 2.15. The fraction of sp³-hybridized carbons (Fsp3) is 0.133. The van der Waals surface area contributed by atoms with E-state index in [-0.39, 0.29) is 5.56 Å². The zero-order chi connectivity index (χ0) is 14.5. The minimum Gasteiger partial charge on any atom is -0.497 e. The van der Waals surface area contributed by atoms with Crippen LogP contribution in [0.1, 0.15) is 11.6 Å². The van der Waals surface area contributed by atoms with E-state index in [1.165, 1.54) is 13.2 Å². The number of halogens is 2. The lowest BCUT2D eigenvalue weighted by molar-refractivity contribution is 0.415. The summed E-state index contributed by atoms with van der Waals surface area (Å²) in [6.45, 7) is 0. The van der Waals surface area contributed by atoms with E-state index in [2.05, 4.69) is 5.32 Å². The Morgan fingerprint density at radius 3 is 2.65 bits per heavy atom. The van der Waals surface area contributed by atoms with Gasteiger partial charge in [-0.1, -0.05) is 12.1 Å². The molecule has 2 aromatic carbocycles. The van der Waals surface area contributed by atoms with Gasteiger partial charge in [-0.05, 0) is 18.2 Å². The monoisotopic (exact) mass is 274 g/mol. The largest absolute Gasteiger partial charge is 0.497 e. The van der Waals surface area contributed by atoms with Gasteiger partial charge < -0.3 is 10.1 Å². The van der Waals surface area contributed by atoms with E-state index in [4.69, 9.17) is 10.00 Å². The summed E-state index contributed by atoms with van der Waals surface area (Å²) in [5, 5.41) is 12.0. The summed E-state index contributed by atoms with van der Waals surface area (Å²) in [7, 11) is 1.53. The van der Waals surface area contributed by atoms with E-state index in [1.54, 1.807) is 24.3 Å². The molecule has 0 saturated carbocycles. The molecule has 2 aromatic rings. The van der Waals surface area contributed by atoms with E-state index in [0.717, 1.165) is 12.1 Å². The predicted octanol–water partition coefficient (Wildman–Crippen LogP) is 3.65. The number of benzene rings is 2. The average Bonchev–Trinajstić information content (AvgIpc) is 2.45. The molecule has 0 heterocycles. The predicted molar refractivity (Wildman–Crippen MR) is 71.3 cm³/mol. The molecule has 1 atom stereocenters. The van der Waals surface area contributed by atoms with Gasteiger partial charge in [-0.25, -0.2) is 8.78 Å². The Morgan fingerprint density at radius 1 is 1.20 bits per heavy atom. The van der Waals surface area contributed by atoms with Crippen LogP contribution in [0.25, 0.3) is 0 Å². The number of nitrogens with zero attached hydrogens (tertiary/aromatic N) is 1. The number of ether oxygens (including phenoxy) is 1. The lowest BCUT2D eigenvalue weighted by Crippen LogP contribution is -2.10. The molecule has 1 unspecified atom stereocenters. The van der Waals surface area contributed by atoms with Gasteiger partial charge in [-0.2, -0.15) is 5.26 Å². The Hall–Kier alpha value is -2.61. The van der Waals surface area contributed by atoms with Crippen molar-refractivity contribution >= 4 is 5.69 Å². The first-order valence-electron chi connectivity index (χ1n) is 5.89. The lowest BCUT2D eigenvalue weighted by Gasteiger charge is -2.14. The van der Waals surface area contributed by atoms with Crippen LogP contribution in [-0.2, 0) is 0 Å². The van der Waals surface area contributed by atoms with Crippen LogP contribution in [0, 0.1) is 23.0 Å². The molecule has 0 saturated heterocycles. The van der Waals surface area contributed by atoms with Crippen molar-refractivity contribution in [3.05, 3.63) is 59.7 Å². The number of rotatable bonds is 4. The normalized spacial score (nSPS) is 11.5. The van der Waals surface area contributed by atoms with Crippen molar-refractivity contribution in [3.8, 4) is 11.8 Å². The Morgan fingerprint density at radius 2 is 2.00 bits per heavy atom. The van der Waals surface area contributed by atoms with Crippen LogP contribution in [0.2, 0.25) is 0 Å². The van der Waals surface area contributed by atoms with Gasteiger partial charge in [0.2, 0.25) is 0 Å². The maximum absolute atomic E-state index is 13.7. The third-order valence-corrected chi connectivity index (χ3v) is 2.78. The molecule has 0 fully saturated rings. The van der Waals surface area contributed by atoms with Crippen molar-refractivity contribution in [2.24, 2.45) is 0 Å². The van der Waals surface area contributed by atoms with Gasteiger partial charge >= 0.3 is 0 Å². The Kier molecular flexibility index (Phi) is 4.16. The molecule has 0 aliphatic carbocycles. The molecule has 5 heteroatoms. The molecule has 1 N–H and O–H groups in total. The van der Waals surface area contributed by atoms with Crippen LogP contribution in [-0.4, -0.2) is 7.11 Å². The summed E-state index contributed by atoms with van der Waals surface area (Å²) in [6.07, 6.45) is 0. The van der Waals surface area contributed by atoms with Crippen molar-refractivity contribution in [1.82, 2.24) is 0 Å². The molecule has 3 nitrogen and oxygen atoms in total. The van der Waals surface area contributed by atoms with Crippen molar-refractivity contribution in [1.29, 1.82) is 5.26 Å². The second-order valence-corrected chi connectivity index (χ2v) is 4.10. The summed E-state index contributed by atoms with van der Waals surface area (Å²) in [6, 6.07) is 11.1. The smallest absolute Gasteiger partial charge is 0.143 e. The number of anilines is 1. The van der Waals surface area contributed by atoms with E-state index >= 15 is 0 Å². The van der Waals surface area contributed by atoms with Gasteiger partial charge in [0.1, 0.15) is 23.4 Å². The fourth-order valence-electron chi connectivity index (χ4n) is 1.79. The molecule has 20 heavy (non-hydrogen) atoms. The van der Waals surface area contributed by atoms with Gasteiger partial charge in [0, 0.05) is 23.4 Å². The van der Waals surface area contributed by atoms with Crippen LogP contribution < -0.4 is 10.1 Å². The molecule has 0 radical (unpaired) electrons. The topological polar surface area (TPSA) is 45.0 Å². The van der Waals surface area contributed by atoms with Crippen LogP contribution >= 0.6 is 0 Å². The van der Waals surface area contributed by atoms with Gasteiger partial charge in [0.15, 0.2) is 0 Å². The molecule has 0 bridgehead atoms. The zero-order valence-electron chi connectivity index (χ0n) is 10.7. The molecular formula is C15H12F2N2O. The number of hydrogen-bond acceptors (Lipinski definition) is 3. The summed E-state index contributed by atoms with van der Waals surface area (Å²) < 4.78 is 31.6. The molecule has 2 rings (SSSR count). The van der Waals surface area contributed by atoms with Crippen LogP contribution in [0.3, 0.4) is 0 Å². The van der Waals surface area contributed by atoms with Crippen molar-refractivity contribution < 1.29 is 13.5 Å². The molecule has 0 aliphatic heterocycles. The Labute approximate surface area is 115 Å². The third-order valence-electron chi connectivity index (χ3n) is 2.78. The first kappa shape index (κ1) is 13.8. The van der Waals surface area contributed by atoms with Crippen molar-refractivity contribution in [2.45, 2.75) is 6.04 Å². The van der Waals surface area contributed by atoms with E-state index in [0.29, 0.717) is 11.4 Å². The minimum atomic E-state index is -0.914. The highest BCUT2D eigenvalue weighted by molar-refractivity contribution is 5.51.